The van der Waals surface area contributed by atoms with Gasteiger partial charge in [-0.2, -0.15) is 0 Å². The lowest BCUT2D eigenvalue weighted by Gasteiger charge is -2.18. The van der Waals surface area contributed by atoms with Gasteiger partial charge in [0.2, 0.25) is 6.29 Å². The average molecular weight is 414 g/mol. The molecule has 0 radical (unpaired) electrons. The van der Waals surface area contributed by atoms with Crippen molar-refractivity contribution >= 4 is 18.2 Å². The Kier molecular flexibility index (Phi) is 4.62. The van der Waals surface area contributed by atoms with Crippen molar-refractivity contribution in [2.75, 3.05) is 13.7 Å². The highest BCUT2D eigenvalue weighted by Crippen LogP contribution is 2.54. The summed E-state index contributed by atoms with van der Waals surface area (Å²) in [4.78, 5) is 37.1. The zero-order valence-electron chi connectivity index (χ0n) is 16.7. The molecule has 0 aliphatic carbocycles. The Morgan fingerprint density at radius 3 is 2.47 bits per heavy atom. The molecule has 9 heteroatoms. The van der Waals surface area contributed by atoms with Crippen LogP contribution in [0.2, 0.25) is 0 Å². The van der Waals surface area contributed by atoms with Gasteiger partial charge in [0, 0.05) is 12.2 Å². The number of phenols is 1. The summed E-state index contributed by atoms with van der Waals surface area (Å²) in [6.45, 7) is 5.01. The number of carbonyl (C=O) groups excluding carboxylic acids is 3. The molecule has 2 aromatic rings. The van der Waals surface area contributed by atoms with Gasteiger partial charge in [0.1, 0.15) is 22.6 Å². The molecule has 2 aliphatic heterocycles. The molecule has 0 spiro atoms. The molecule has 0 bridgehead atoms. The molecular weight excluding hydrogens is 396 g/mol. The number of aromatic hydroxyl groups is 1. The topological polar surface area (TPSA) is 118 Å². The lowest BCUT2D eigenvalue weighted by Crippen LogP contribution is -2.11. The van der Waals surface area contributed by atoms with Crippen LogP contribution in [0.25, 0.3) is 0 Å². The van der Waals surface area contributed by atoms with Crippen LogP contribution in [0.15, 0.2) is 6.07 Å². The fourth-order valence-electron chi connectivity index (χ4n) is 3.63. The SMILES string of the molecule is CCOC1OC(=O)c2c(O)c(C)c3c(c21)Oc1c(C=O)c(OC)cc(C)c1C(=O)O3. The fraction of sp³-hybridized carbons (Fsp3) is 0.286. The van der Waals surface area contributed by atoms with Gasteiger partial charge in [-0.15, -0.1) is 0 Å². The molecule has 0 fully saturated rings. The highest BCUT2D eigenvalue weighted by atomic mass is 16.7. The van der Waals surface area contributed by atoms with Crippen molar-refractivity contribution in [2.24, 2.45) is 0 Å². The molecule has 0 amide bonds. The van der Waals surface area contributed by atoms with E-state index in [0.29, 0.717) is 11.8 Å². The summed E-state index contributed by atoms with van der Waals surface area (Å²) < 4.78 is 27.5. The van der Waals surface area contributed by atoms with E-state index in [9.17, 15) is 19.5 Å². The van der Waals surface area contributed by atoms with Gasteiger partial charge in [0.15, 0.2) is 23.5 Å². The second-order valence-electron chi connectivity index (χ2n) is 6.74. The predicted molar refractivity (Wildman–Crippen MR) is 101 cm³/mol. The number of ether oxygens (including phenoxy) is 5. The Morgan fingerprint density at radius 2 is 1.83 bits per heavy atom. The third kappa shape index (κ3) is 2.62. The standard InChI is InChI=1S/C21H18O9/c1-5-27-21-14-13(20(25)30-21)15(23)9(3)16-18(14)28-17-10(7-22)11(26-4)6-8(2)12(17)19(24)29-16/h6-7,21,23H,5H2,1-4H3. The normalized spacial score (nSPS) is 16.5. The minimum Gasteiger partial charge on any atom is -0.507 e. The van der Waals surface area contributed by atoms with Crippen LogP contribution < -0.4 is 14.2 Å². The summed E-state index contributed by atoms with van der Waals surface area (Å²) in [7, 11) is 1.38. The summed E-state index contributed by atoms with van der Waals surface area (Å²) in [5.41, 5.74) is 0.531. The first-order valence-electron chi connectivity index (χ1n) is 9.12. The van der Waals surface area contributed by atoms with Crippen LogP contribution in [-0.2, 0) is 9.47 Å². The molecule has 0 saturated heterocycles. The fourth-order valence-corrected chi connectivity index (χ4v) is 3.63. The van der Waals surface area contributed by atoms with Crippen molar-refractivity contribution in [3.8, 4) is 28.7 Å². The van der Waals surface area contributed by atoms with Crippen LogP contribution >= 0.6 is 0 Å². The van der Waals surface area contributed by atoms with Crippen LogP contribution in [0.3, 0.4) is 0 Å². The van der Waals surface area contributed by atoms with Crippen molar-refractivity contribution in [1.29, 1.82) is 0 Å². The number of phenolic OH excluding ortho intramolecular Hbond substituents is 1. The number of carbonyl (C=O) groups is 3. The molecule has 1 unspecified atom stereocenters. The Morgan fingerprint density at radius 1 is 1.10 bits per heavy atom. The van der Waals surface area contributed by atoms with Crippen molar-refractivity contribution in [2.45, 2.75) is 27.1 Å². The summed E-state index contributed by atoms with van der Waals surface area (Å²) >= 11 is 0. The van der Waals surface area contributed by atoms with E-state index >= 15 is 0 Å². The van der Waals surface area contributed by atoms with E-state index in [2.05, 4.69) is 0 Å². The predicted octanol–water partition coefficient (Wildman–Crippen LogP) is 3.36. The first-order valence-corrected chi connectivity index (χ1v) is 9.12. The minimum absolute atomic E-state index is 0.000537. The smallest absolute Gasteiger partial charge is 0.347 e. The number of aryl methyl sites for hydroxylation is 1. The molecule has 2 heterocycles. The zero-order chi connectivity index (χ0) is 21.7. The van der Waals surface area contributed by atoms with E-state index in [0.717, 1.165) is 0 Å². The lowest BCUT2D eigenvalue weighted by atomic mass is 10.0. The summed E-state index contributed by atoms with van der Waals surface area (Å²) in [5.74, 6) is -2.00. The van der Waals surface area contributed by atoms with E-state index in [1.165, 1.54) is 20.1 Å². The van der Waals surface area contributed by atoms with E-state index in [4.69, 9.17) is 23.7 Å². The summed E-state index contributed by atoms with van der Waals surface area (Å²) in [6.07, 6.45) is -0.672. The number of benzene rings is 2. The van der Waals surface area contributed by atoms with Gasteiger partial charge in [0.05, 0.1) is 18.2 Å². The van der Waals surface area contributed by atoms with Crippen LogP contribution in [0.5, 0.6) is 28.7 Å². The molecule has 0 aromatic heterocycles. The van der Waals surface area contributed by atoms with Crippen molar-refractivity contribution in [3.05, 3.63) is 39.4 Å². The Hall–Kier alpha value is -3.59. The van der Waals surface area contributed by atoms with E-state index in [1.54, 1.807) is 13.8 Å². The highest BCUT2D eigenvalue weighted by Gasteiger charge is 2.43. The summed E-state index contributed by atoms with van der Waals surface area (Å²) in [6, 6.07) is 1.52. The van der Waals surface area contributed by atoms with Gasteiger partial charge in [-0.3, -0.25) is 4.79 Å². The average Bonchev–Trinajstić information content (AvgIpc) is 2.94. The largest absolute Gasteiger partial charge is 0.507 e. The maximum Gasteiger partial charge on any atom is 0.347 e. The third-order valence-corrected chi connectivity index (χ3v) is 5.04. The quantitative estimate of drug-likeness (QED) is 0.456. The Labute approximate surface area is 171 Å². The van der Waals surface area contributed by atoms with Crippen LogP contribution in [0, 0.1) is 13.8 Å². The number of hydrogen-bond donors (Lipinski definition) is 1. The minimum atomic E-state index is -1.18. The van der Waals surface area contributed by atoms with Crippen molar-refractivity contribution in [3.63, 3.8) is 0 Å². The molecule has 0 saturated carbocycles. The molecular formula is C21H18O9. The third-order valence-electron chi connectivity index (χ3n) is 5.04. The number of esters is 2. The second-order valence-corrected chi connectivity index (χ2v) is 6.74. The van der Waals surface area contributed by atoms with Gasteiger partial charge < -0.3 is 28.8 Å². The number of aldehydes is 1. The lowest BCUT2D eigenvalue weighted by molar-refractivity contribution is -0.0999. The molecule has 4 rings (SSSR count). The van der Waals surface area contributed by atoms with Crippen molar-refractivity contribution < 1.29 is 43.2 Å². The molecule has 2 aromatic carbocycles. The number of hydrogen-bond acceptors (Lipinski definition) is 9. The monoisotopic (exact) mass is 414 g/mol. The zero-order valence-corrected chi connectivity index (χ0v) is 16.7. The molecule has 1 atom stereocenters. The first-order chi connectivity index (χ1) is 14.3. The number of rotatable bonds is 4. The van der Waals surface area contributed by atoms with Gasteiger partial charge in [-0.25, -0.2) is 9.59 Å². The van der Waals surface area contributed by atoms with Crippen LogP contribution in [0.1, 0.15) is 61.0 Å². The number of methoxy groups -OCH3 is 1. The maximum absolute atomic E-state index is 12.9. The highest BCUT2D eigenvalue weighted by molar-refractivity contribution is 6.03. The molecule has 1 N–H and O–H groups in total. The Bertz CT molecular complexity index is 1120. The molecule has 30 heavy (non-hydrogen) atoms. The summed E-state index contributed by atoms with van der Waals surface area (Å²) in [5, 5.41) is 10.6. The van der Waals surface area contributed by atoms with Gasteiger partial charge in [0.25, 0.3) is 0 Å². The van der Waals surface area contributed by atoms with Gasteiger partial charge in [-0.1, -0.05) is 0 Å². The second kappa shape index (κ2) is 7.03. The van der Waals surface area contributed by atoms with Crippen LogP contribution in [-0.4, -0.2) is 37.0 Å². The van der Waals surface area contributed by atoms with Gasteiger partial charge >= 0.3 is 11.9 Å². The van der Waals surface area contributed by atoms with E-state index in [1.807, 2.05) is 0 Å². The molecule has 9 nitrogen and oxygen atoms in total. The molecule has 2 aliphatic rings. The van der Waals surface area contributed by atoms with E-state index in [-0.39, 0.29) is 57.4 Å². The van der Waals surface area contributed by atoms with Crippen LogP contribution in [0.4, 0.5) is 0 Å². The van der Waals surface area contributed by atoms with Gasteiger partial charge in [-0.05, 0) is 32.4 Å². The molecule has 156 valence electrons. The Balaban J connectivity index is 2.07. The van der Waals surface area contributed by atoms with E-state index < -0.39 is 24.0 Å². The number of cyclic esters (lactones) is 1. The van der Waals surface area contributed by atoms with Crippen molar-refractivity contribution in [1.82, 2.24) is 0 Å². The first kappa shape index (κ1) is 19.7. The maximum atomic E-state index is 12.9. The number of fused-ring (bicyclic) bond motifs is 4.